The van der Waals surface area contributed by atoms with Crippen LogP contribution in [0.5, 0.6) is 5.75 Å². The molecule has 2 aromatic heterocycles. The van der Waals surface area contributed by atoms with E-state index in [1.807, 2.05) is 54.5 Å². The Morgan fingerprint density at radius 3 is 2.79 bits per heavy atom. The number of anilines is 1. The third kappa shape index (κ3) is 3.62. The number of nitrogens with one attached hydrogen (secondary N) is 1. The zero-order valence-electron chi connectivity index (χ0n) is 16.2. The van der Waals surface area contributed by atoms with Crippen molar-refractivity contribution in [3.05, 3.63) is 52.8 Å². The first kappa shape index (κ1) is 18.6. The van der Waals surface area contributed by atoms with E-state index in [-0.39, 0.29) is 12.1 Å². The Balaban J connectivity index is 1.47. The number of amides is 2. The lowest BCUT2D eigenvalue weighted by molar-refractivity contribution is 0.207. The molecule has 1 aliphatic rings. The van der Waals surface area contributed by atoms with Crippen LogP contribution >= 0.6 is 11.3 Å². The van der Waals surface area contributed by atoms with E-state index in [0.717, 1.165) is 53.5 Å². The highest BCUT2D eigenvalue weighted by atomic mass is 32.1. The number of aromatic nitrogens is 1. The summed E-state index contributed by atoms with van der Waals surface area (Å²) in [5.41, 5.74) is 2.91. The zero-order valence-corrected chi connectivity index (χ0v) is 17.0. The van der Waals surface area contributed by atoms with E-state index in [1.54, 1.807) is 7.11 Å². The van der Waals surface area contributed by atoms with Crippen molar-refractivity contribution < 1.29 is 13.9 Å². The second kappa shape index (κ2) is 7.67. The van der Waals surface area contributed by atoms with Gasteiger partial charge in [0.1, 0.15) is 17.3 Å². The van der Waals surface area contributed by atoms with Gasteiger partial charge < -0.3 is 14.1 Å². The number of urea groups is 1. The Labute approximate surface area is 168 Å². The highest BCUT2D eigenvalue weighted by Crippen LogP contribution is 2.34. The molecule has 0 radical (unpaired) electrons. The summed E-state index contributed by atoms with van der Waals surface area (Å²) in [6.45, 7) is 4.57. The molecule has 1 aliphatic heterocycles. The molecule has 1 aromatic carbocycles. The van der Waals surface area contributed by atoms with Crippen LogP contribution in [0.2, 0.25) is 0 Å². The molecule has 1 fully saturated rings. The van der Waals surface area contributed by atoms with Gasteiger partial charge >= 0.3 is 6.03 Å². The van der Waals surface area contributed by atoms with E-state index in [4.69, 9.17) is 9.15 Å². The molecule has 0 spiro atoms. The third-order valence-corrected chi connectivity index (χ3v) is 5.81. The van der Waals surface area contributed by atoms with Gasteiger partial charge in [0.25, 0.3) is 0 Å². The average Bonchev–Trinajstić information content (AvgIpc) is 3.41. The van der Waals surface area contributed by atoms with Crippen LogP contribution in [0.15, 0.2) is 40.1 Å². The first-order valence-corrected chi connectivity index (χ1v) is 10.2. The van der Waals surface area contributed by atoms with E-state index >= 15 is 0 Å². The highest BCUT2D eigenvalue weighted by Gasteiger charge is 2.30. The number of hydrogen-bond donors (Lipinski definition) is 1. The number of nitrogens with zero attached hydrogens (tertiary/aromatic N) is 2. The maximum Gasteiger partial charge on any atom is 0.324 e. The minimum atomic E-state index is -0.112. The van der Waals surface area contributed by atoms with E-state index in [0.29, 0.717) is 5.13 Å². The number of likely N-dealkylation sites (tertiary alicyclic amines) is 1. The fraction of sp³-hybridized carbons (Fsp3) is 0.333. The second-order valence-corrected chi connectivity index (χ2v) is 7.78. The predicted molar refractivity (Wildman–Crippen MR) is 110 cm³/mol. The molecule has 0 saturated carbocycles. The Bertz CT molecular complexity index is 977. The van der Waals surface area contributed by atoms with Gasteiger partial charge in [-0.25, -0.2) is 9.78 Å². The molecule has 3 aromatic rings. The Morgan fingerprint density at radius 1 is 1.32 bits per heavy atom. The van der Waals surface area contributed by atoms with Crippen molar-refractivity contribution in [3.8, 4) is 17.0 Å². The Kier molecular flexibility index (Phi) is 5.09. The number of methoxy groups -OCH3 is 1. The van der Waals surface area contributed by atoms with Gasteiger partial charge in [-0.3, -0.25) is 5.32 Å². The van der Waals surface area contributed by atoms with Crippen molar-refractivity contribution in [2.24, 2.45) is 0 Å². The van der Waals surface area contributed by atoms with Gasteiger partial charge in [-0.15, -0.1) is 11.3 Å². The number of benzene rings is 1. The van der Waals surface area contributed by atoms with Gasteiger partial charge in [-0.1, -0.05) is 12.1 Å². The molecule has 146 valence electrons. The lowest BCUT2D eigenvalue weighted by Crippen LogP contribution is -2.34. The third-order valence-electron chi connectivity index (χ3n) is 5.05. The zero-order chi connectivity index (χ0) is 19.7. The standard InChI is InChI=1S/C21H23N3O3S/c1-13-11-17(14(2)27-13)18-12-28-20(22-18)23-21(25)24-10-4-5-19(24)15-6-8-16(26-3)9-7-15/h6-9,11-12,19H,4-5,10H2,1-3H3,(H,22,23,25)/t19-/m1/s1. The van der Waals surface area contributed by atoms with Gasteiger partial charge in [0.05, 0.1) is 18.8 Å². The highest BCUT2D eigenvalue weighted by molar-refractivity contribution is 7.14. The minimum Gasteiger partial charge on any atom is -0.497 e. The largest absolute Gasteiger partial charge is 0.497 e. The molecule has 0 unspecified atom stereocenters. The minimum absolute atomic E-state index is 0.0732. The lowest BCUT2D eigenvalue weighted by atomic mass is 10.0. The summed E-state index contributed by atoms with van der Waals surface area (Å²) in [6.07, 6.45) is 1.94. The molecule has 0 bridgehead atoms. The number of ether oxygens (including phenoxy) is 1. The maximum atomic E-state index is 12.9. The number of hydrogen-bond acceptors (Lipinski definition) is 5. The number of furan rings is 1. The quantitative estimate of drug-likeness (QED) is 0.640. The maximum absolute atomic E-state index is 12.9. The topological polar surface area (TPSA) is 67.6 Å². The number of thiazole rings is 1. The average molecular weight is 398 g/mol. The predicted octanol–water partition coefficient (Wildman–Crippen LogP) is 5.40. The fourth-order valence-electron chi connectivity index (χ4n) is 3.69. The van der Waals surface area contributed by atoms with Crippen molar-refractivity contribution >= 4 is 22.5 Å². The summed E-state index contributed by atoms with van der Waals surface area (Å²) in [7, 11) is 1.65. The van der Waals surface area contributed by atoms with Gasteiger partial charge in [0.2, 0.25) is 0 Å². The number of carbonyl (C=O) groups excluding carboxylic acids is 1. The molecule has 7 heteroatoms. The summed E-state index contributed by atoms with van der Waals surface area (Å²) < 4.78 is 10.8. The SMILES string of the molecule is COc1ccc([C@H]2CCCN2C(=O)Nc2nc(-c3cc(C)oc3C)cs2)cc1. The molecule has 4 rings (SSSR count). The van der Waals surface area contributed by atoms with Crippen molar-refractivity contribution in [2.75, 3.05) is 19.0 Å². The first-order valence-electron chi connectivity index (χ1n) is 9.29. The van der Waals surface area contributed by atoms with E-state index in [9.17, 15) is 4.79 Å². The van der Waals surface area contributed by atoms with Gasteiger partial charge in [0.15, 0.2) is 5.13 Å². The second-order valence-electron chi connectivity index (χ2n) is 6.92. The van der Waals surface area contributed by atoms with Crippen molar-refractivity contribution in [1.82, 2.24) is 9.88 Å². The monoisotopic (exact) mass is 397 g/mol. The van der Waals surface area contributed by atoms with Crippen LogP contribution in [0.3, 0.4) is 0 Å². The summed E-state index contributed by atoms with van der Waals surface area (Å²) in [4.78, 5) is 19.3. The molecule has 2 amide bonds. The molecule has 3 heterocycles. The van der Waals surface area contributed by atoms with Crippen molar-refractivity contribution in [3.63, 3.8) is 0 Å². The van der Waals surface area contributed by atoms with Crippen LogP contribution in [-0.4, -0.2) is 29.6 Å². The smallest absolute Gasteiger partial charge is 0.324 e. The first-order chi connectivity index (χ1) is 13.5. The summed E-state index contributed by atoms with van der Waals surface area (Å²) in [5.74, 6) is 2.50. The van der Waals surface area contributed by atoms with E-state index in [1.165, 1.54) is 11.3 Å². The molecule has 6 nitrogen and oxygen atoms in total. The Morgan fingerprint density at radius 2 is 2.11 bits per heavy atom. The fourth-order valence-corrected chi connectivity index (χ4v) is 4.39. The number of rotatable bonds is 4. The molecular weight excluding hydrogens is 374 g/mol. The van der Waals surface area contributed by atoms with Crippen LogP contribution in [0.1, 0.15) is 36.0 Å². The van der Waals surface area contributed by atoms with Crippen LogP contribution in [0.4, 0.5) is 9.93 Å². The van der Waals surface area contributed by atoms with Crippen LogP contribution in [0, 0.1) is 13.8 Å². The molecule has 1 atom stereocenters. The van der Waals surface area contributed by atoms with Gasteiger partial charge in [0, 0.05) is 17.5 Å². The number of carbonyl (C=O) groups is 1. The molecule has 1 N–H and O–H groups in total. The summed E-state index contributed by atoms with van der Waals surface area (Å²) in [5, 5.41) is 5.50. The molecule has 28 heavy (non-hydrogen) atoms. The number of aryl methyl sites for hydroxylation is 2. The van der Waals surface area contributed by atoms with Crippen LogP contribution in [0.25, 0.3) is 11.3 Å². The normalized spacial score (nSPS) is 16.4. The lowest BCUT2D eigenvalue weighted by Gasteiger charge is -2.25. The van der Waals surface area contributed by atoms with Crippen molar-refractivity contribution in [1.29, 1.82) is 0 Å². The van der Waals surface area contributed by atoms with E-state index < -0.39 is 0 Å². The Hall–Kier alpha value is -2.80. The van der Waals surface area contributed by atoms with Crippen LogP contribution < -0.4 is 10.1 Å². The molecule has 0 aliphatic carbocycles. The van der Waals surface area contributed by atoms with E-state index in [2.05, 4.69) is 10.3 Å². The van der Waals surface area contributed by atoms with Crippen LogP contribution in [-0.2, 0) is 0 Å². The molecular formula is C21H23N3O3S. The van der Waals surface area contributed by atoms with Gasteiger partial charge in [-0.05, 0) is 50.5 Å². The molecule has 1 saturated heterocycles. The summed E-state index contributed by atoms with van der Waals surface area (Å²) >= 11 is 1.42. The van der Waals surface area contributed by atoms with Gasteiger partial charge in [-0.2, -0.15) is 0 Å². The summed E-state index contributed by atoms with van der Waals surface area (Å²) in [6, 6.07) is 9.86. The van der Waals surface area contributed by atoms with Crippen molar-refractivity contribution in [2.45, 2.75) is 32.7 Å².